The molecule has 1 aromatic rings. The Morgan fingerprint density at radius 1 is 1.57 bits per heavy atom. The van der Waals surface area contributed by atoms with Gasteiger partial charge in [-0.15, -0.1) is 0 Å². The highest BCUT2D eigenvalue weighted by molar-refractivity contribution is 5.08. The van der Waals surface area contributed by atoms with Crippen molar-refractivity contribution in [2.24, 2.45) is 0 Å². The van der Waals surface area contributed by atoms with Crippen LogP contribution in [0.3, 0.4) is 0 Å². The van der Waals surface area contributed by atoms with Gasteiger partial charge in [0.05, 0.1) is 0 Å². The van der Waals surface area contributed by atoms with Gasteiger partial charge < -0.3 is 15.0 Å². The molecular formula is C10H17N3O. The standard InChI is InChI=1S/C10H17N3O/c1-13-4-2-8(3-5-13)9-6-11-10(7-14)12-9/h6,8,14H,2-5,7H2,1H3,(H,11,12). The van der Waals surface area contributed by atoms with Crippen LogP contribution in [0, 0.1) is 0 Å². The predicted octanol–water partition coefficient (Wildman–Crippen LogP) is 0.711. The van der Waals surface area contributed by atoms with Gasteiger partial charge in [-0.2, -0.15) is 0 Å². The summed E-state index contributed by atoms with van der Waals surface area (Å²) in [5.74, 6) is 1.28. The summed E-state index contributed by atoms with van der Waals surface area (Å²) in [5.41, 5.74) is 1.18. The van der Waals surface area contributed by atoms with Gasteiger partial charge >= 0.3 is 0 Å². The number of piperidine rings is 1. The van der Waals surface area contributed by atoms with Crippen LogP contribution in [0.25, 0.3) is 0 Å². The summed E-state index contributed by atoms with van der Waals surface area (Å²) in [6, 6.07) is 0. The Kier molecular flexibility index (Phi) is 2.84. The maximum atomic E-state index is 8.89. The molecule has 1 aromatic heterocycles. The summed E-state index contributed by atoms with van der Waals surface area (Å²) < 4.78 is 0. The molecule has 2 heterocycles. The number of nitrogens with zero attached hydrogens (tertiary/aromatic N) is 2. The minimum atomic E-state index is 0.00657. The number of imidazole rings is 1. The van der Waals surface area contributed by atoms with Crippen molar-refractivity contribution in [3.05, 3.63) is 17.7 Å². The summed E-state index contributed by atoms with van der Waals surface area (Å²) in [4.78, 5) is 9.62. The molecule has 0 aromatic carbocycles. The molecular weight excluding hydrogens is 178 g/mol. The Bertz CT molecular complexity index is 289. The molecule has 1 saturated heterocycles. The third-order valence-electron chi connectivity index (χ3n) is 2.96. The van der Waals surface area contributed by atoms with Crippen molar-refractivity contribution in [2.75, 3.05) is 20.1 Å². The summed E-state index contributed by atoms with van der Waals surface area (Å²) >= 11 is 0. The molecule has 1 aliphatic heterocycles. The first-order valence-electron chi connectivity index (χ1n) is 5.13. The van der Waals surface area contributed by atoms with Gasteiger partial charge in [-0.25, -0.2) is 4.98 Å². The van der Waals surface area contributed by atoms with Gasteiger partial charge in [-0.3, -0.25) is 0 Å². The van der Waals surface area contributed by atoms with E-state index in [2.05, 4.69) is 21.9 Å². The summed E-state index contributed by atoms with van der Waals surface area (Å²) in [6.07, 6.45) is 4.23. The third kappa shape index (κ3) is 1.96. The lowest BCUT2D eigenvalue weighted by molar-refractivity contribution is 0.252. The number of hydrogen-bond acceptors (Lipinski definition) is 3. The summed E-state index contributed by atoms with van der Waals surface area (Å²) in [6.45, 7) is 2.31. The van der Waals surface area contributed by atoms with Crippen LogP contribution in [0.2, 0.25) is 0 Å². The second-order valence-corrected chi connectivity index (χ2v) is 4.02. The average Bonchev–Trinajstić information content (AvgIpc) is 2.67. The van der Waals surface area contributed by atoms with Gasteiger partial charge in [-0.05, 0) is 33.0 Å². The Morgan fingerprint density at radius 3 is 2.86 bits per heavy atom. The first-order chi connectivity index (χ1) is 6.79. The van der Waals surface area contributed by atoms with E-state index in [0.29, 0.717) is 11.7 Å². The zero-order chi connectivity index (χ0) is 9.97. The van der Waals surface area contributed by atoms with Crippen molar-refractivity contribution in [2.45, 2.75) is 25.4 Å². The fourth-order valence-corrected chi connectivity index (χ4v) is 1.99. The number of hydrogen-bond donors (Lipinski definition) is 2. The van der Waals surface area contributed by atoms with E-state index in [1.54, 1.807) is 0 Å². The van der Waals surface area contributed by atoms with Crippen LogP contribution in [0.4, 0.5) is 0 Å². The first kappa shape index (κ1) is 9.68. The maximum Gasteiger partial charge on any atom is 0.132 e. The van der Waals surface area contributed by atoms with E-state index in [4.69, 9.17) is 5.11 Å². The summed E-state index contributed by atoms with van der Waals surface area (Å²) in [7, 11) is 2.16. The average molecular weight is 195 g/mol. The minimum absolute atomic E-state index is 0.00657. The fraction of sp³-hybridized carbons (Fsp3) is 0.700. The Morgan fingerprint density at radius 2 is 2.29 bits per heavy atom. The SMILES string of the molecule is CN1CCC(c2cnc(CO)[nH]2)CC1. The van der Waals surface area contributed by atoms with Gasteiger partial charge in [0, 0.05) is 17.8 Å². The van der Waals surface area contributed by atoms with Crippen LogP contribution in [0.15, 0.2) is 6.20 Å². The molecule has 4 nitrogen and oxygen atoms in total. The van der Waals surface area contributed by atoms with E-state index in [1.165, 1.54) is 18.5 Å². The maximum absolute atomic E-state index is 8.89. The quantitative estimate of drug-likeness (QED) is 0.730. The topological polar surface area (TPSA) is 52.1 Å². The molecule has 0 radical (unpaired) electrons. The van der Waals surface area contributed by atoms with Gasteiger partial charge in [0.1, 0.15) is 12.4 Å². The van der Waals surface area contributed by atoms with Crippen LogP contribution in [-0.4, -0.2) is 40.1 Å². The van der Waals surface area contributed by atoms with Gasteiger partial charge in [0.2, 0.25) is 0 Å². The molecule has 0 atom stereocenters. The van der Waals surface area contributed by atoms with E-state index >= 15 is 0 Å². The number of H-pyrrole nitrogens is 1. The second kappa shape index (κ2) is 4.11. The summed E-state index contributed by atoms with van der Waals surface area (Å²) in [5, 5.41) is 8.89. The van der Waals surface area contributed by atoms with Crippen LogP contribution >= 0.6 is 0 Å². The normalized spacial score (nSPS) is 20.1. The molecule has 78 valence electrons. The van der Waals surface area contributed by atoms with E-state index in [1.807, 2.05) is 6.20 Å². The molecule has 1 fully saturated rings. The molecule has 14 heavy (non-hydrogen) atoms. The van der Waals surface area contributed by atoms with Crippen LogP contribution in [-0.2, 0) is 6.61 Å². The molecule has 0 amide bonds. The van der Waals surface area contributed by atoms with Gasteiger partial charge in [0.25, 0.3) is 0 Å². The molecule has 0 aliphatic carbocycles. The highest BCUT2D eigenvalue weighted by Gasteiger charge is 2.19. The largest absolute Gasteiger partial charge is 0.388 e. The second-order valence-electron chi connectivity index (χ2n) is 4.02. The van der Waals surface area contributed by atoms with Gasteiger partial charge in [0.15, 0.2) is 0 Å². The predicted molar refractivity (Wildman–Crippen MR) is 54.0 cm³/mol. The van der Waals surface area contributed by atoms with Crippen molar-refractivity contribution in [1.82, 2.24) is 14.9 Å². The number of likely N-dealkylation sites (tertiary alicyclic amines) is 1. The smallest absolute Gasteiger partial charge is 0.132 e. The lowest BCUT2D eigenvalue weighted by atomic mass is 9.94. The van der Waals surface area contributed by atoms with Crippen LogP contribution in [0.5, 0.6) is 0 Å². The monoisotopic (exact) mass is 195 g/mol. The number of aromatic nitrogens is 2. The number of nitrogens with one attached hydrogen (secondary N) is 1. The van der Waals surface area contributed by atoms with Crippen molar-refractivity contribution in [3.63, 3.8) is 0 Å². The first-order valence-corrected chi connectivity index (χ1v) is 5.13. The highest BCUT2D eigenvalue weighted by Crippen LogP contribution is 2.25. The van der Waals surface area contributed by atoms with Gasteiger partial charge in [-0.1, -0.05) is 0 Å². The molecule has 4 heteroatoms. The number of rotatable bonds is 2. The fourth-order valence-electron chi connectivity index (χ4n) is 1.99. The van der Waals surface area contributed by atoms with Crippen molar-refractivity contribution >= 4 is 0 Å². The molecule has 2 rings (SSSR count). The van der Waals surface area contributed by atoms with Crippen molar-refractivity contribution in [3.8, 4) is 0 Å². The Labute approximate surface area is 84.0 Å². The van der Waals surface area contributed by atoms with Crippen molar-refractivity contribution < 1.29 is 5.11 Å². The van der Waals surface area contributed by atoms with E-state index in [-0.39, 0.29) is 6.61 Å². The zero-order valence-electron chi connectivity index (χ0n) is 8.53. The van der Waals surface area contributed by atoms with E-state index in [9.17, 15) is 0 Å². The molecule has 0 saturated carbocycles. The van der Waals surface area contributed by atoms with E-state index < -0.39 is 0 Å². The number of aromatic amines is 1. The third-order valence-corrected chi connectivity index (χ3v) is 2.96. The highest BCUT2D eigenvalue weighted by atomic mass is 16.3. The molecule has 0 spiro atoms. The molecule has 2 N–H and O–H groups in total. The van der Waals surface area contributed by atoms with E-state index in [0.717, 1.165) is 13.1 Å². The lowest BCUT2D eigenvalue weighted by Gasteiger charge is -2.28. The molecule has 0 unspecified atom stereocenters. The van der Waals surface area contributed by atoms with Crippen LogP contribution < -0.4 is 0 Å². The van der Waals surface area contributed by atoms with Crippen molar-refractivity contribution in [1.29, 1.82) is 0 Å². The Hall–Kier alpha value is -0.870. The number of aliphatic hydroxyl groups excluding tert-OH is 1. The number of aliphatic hydroxyl groups is 1. The lowest BCUT2D eigenvalue weighted by Crippen LogP contribution is -2.29. The zero-order valence-corrected chi connectivity index (χ0v) is 8.53. The Balaban J connectivity index is 2.01. The van der Waals surface area contributed by atoms with Crippen LogP contribution in [0.1, 0.15) is 30.3 Å². The molecule has 0 bridgehead atoms. The molecule has 1 aliphatic rings. The minimum Gasteiger partial charge on any atom is -0.388 e.